The average molecular weight is 261 g/mol. The van der Waals surface area contributed by atoms with Crippen molar-refractivity contribution in [3.05, 3.63) is 29.7 Å². The number of nitrogens with one attached hydrogen (secondary N) is 2. The normalized spacial score (nSPS) is 10.3. The van der Waals surface area contributed by atoms with Crippen molar-refractivity contribution < 1.29 is 4.79 Å². The summed E-state index contributed by atoms with van der Waals surface area (Å²) in [6, 6.07) is 0. The molecule has 0 bridgehead atoms. The molecule has 2 aromatic heterocycles. The summed E-state index contributed by atoms with van der Waals surface area (Å²) in [7, 11) is 3.41. The first-order valence-corrected chi connectivity index (χ1v) is 5.73. The number of aryl methyl sites for hydroxylation is 1. The highest BCUT2D eigenvalue weighted by Gasteiger charge is 2.15. The smallest absolute Gasteiger partial charge is 0.274 e. The number of hydrogen-bond donors (Lipinski definition) is 2. The number of rotatable bonds is 4. The monoisotopic (exact) mass is 261 g/mol. The summed E-state index contributed by atoms with van der Waals surface area (Å²) in [5.74, 6) is 1.67. The first kappa shape index (κ1) is 12.9. The fraction of sp³-hybridized carbons (Fsp3) is 0.364. The number of carbonyl (C=O) groups is 1. The van der Waals surface area contributed by atoms with Gasteiger partial charge in [0.25, 0.3) is 5.91 Å². The molecule has 0 radical (unpaired) electrons. The van der Waals surface area contributed by atoms with Gasteiger partial charge in [-0.05, 0) is 6.92 Å². The summed E-state index contributed by atoms with van der Waals surface area (Å²) in [6.07, 6.45) is 2.95. The van der Waals surface area contributed by atoms with E-state index in [2.05, 4.69) is 30.5 Å². The lowest BCUT2D eigenvalue weighted by atomic mass is 10.3. The van der Waals surface area contributed by atoms with Crippen LogP contribution in [0, 0.1) is 6.92 Å². The van der Waals surface area contributed by atoms with Gasteiger partial charge in [0.1, 0.15) is 17.3 Å². The number of carbonyl (C=O) groups excluding carboxylic acids is 1. The van der Waals surface area contributed by atoms with Crippen LogP contribution in [0.4, 0.5) is 5.82 Å². The maximum atomic E-state index is 12.1. The Bertz CT molecular complexity index is 563. The lowest BCUT2D eigenvalue weighted by molar-refractivity contribution is 0.0775. The van der Waals surface area contributed by atoms with Crippen LogP contribution in [-0.4, -0.2) is 50.1 Å². The number of aromatic nitrogens is 5. The molecule has 0 aliphatic carbocycles. The zero-order valence-electron chi connectivity index (χ0n) is 11.0. The molecule has 0 spiro atoms. The largest absolute Gasteiger partial charge is 0.372 e. The minimum Gasteiger partial charge on any atom is -0.372 e. The van der Waals surface area contributed by atoms with Crippen molar-refractivity contribution in [1.82, 2.24) is 30.0 Å². The second kappa shape index (κ2) is 5.42. The average Bonchev–Trinajstić information content (AvgIpc) is 2.83. The van der Waals surface area contributed by atoms with Crippen LogP contribution in [0.5, 0.6) is 0 Å². The van der Waals surface area contributed by atoms with Crippen LogP contribution < -0.4 is 5.32 Å². The molecule has 0 unspecified atom stereocenters. The summed E-state index contributed by atoms with van der Waals surface area (Å²) >= 11 is 0. The van der Waals surface area contributed by atoms with Crippen LogP contribution in [0.3, 0.4) is 0 Å². The van der Waals surface area contributed by atoms with E-state index in [4.69, 9.17) is 0 Å². The lowest BCUT2D eigenvalue weighted by Crippen LogP contribution is -2.27. The van der Waals surface area contributed by atoms with E-state index in [1.54, 1.807) is 21.0 Å². The Labute approximate surface area is 110 Å². The van der Waals surface area contributed by atoms with E-state index in [-0.39, 0.29) is 11.6 Å². The second-order valence-corrected chi connectivity index (χ2v) is 4.04. The van der Waals surface area contributed by atoms with E-state index in [9.17, 15) is 4.79 Å². The molecule has 2 rings (SSSR count). The molecule has 0 atom stereocenters. The molecular weight excluding hydrogens is 246 g/mol. The van der Waals surface area contributed by atoms with Gasteiger partial charge in [0.05, 0.1) is 18.9 Å². The Morgan fingerprint density at radius 1 is 1.42 bits per heavy atom. The van der Waals surface area contributed by atoms with Crippen LogP contribution >= 0.6 is 0 Å². The Kier molecular flexibility index (Phi) is 3.69. The molecule has 2 heterocycles. The molecule has 100 valence electrons. The summed E-state index contributed by atoms with van der Waals surface area (Å²) in [6.45, 7) is 2.12. The second-order valence-electron chi connectivity index (χ2n) is 4.04. The maximum Gasteiger partial charge on any atom is 0.274 e. The summed E-state index contributed by atoms with van der Waals surface area (Å²) in [4.78, 5) is 25.8. The van der Waals surface area contributed by atoms with E-state index >= 15 is 0 Å². The Morgan fingerprint density at radius 3 is 2.74 bits per heavy atom. The molecule has 0 saturated heterocycles. The lowest BCUT2D eigenvalue weighted by Gasteiger charge is -2.14. The van der Waals surface area contributed by atoms with Crippen molar-refractivity contribution in [1.29, 1.82) is 0 Å². The Balaban J connectivity index is 2.05. The molecule has 0 aliphatic heterocycles. The number of nitrogens with zero attached hydrogens (tertiary/aromatic N) is 5. The van der Waals surface area contributed by atoms with Crippen LogP contribution in [-0.2, 0) is 6.54 Å². The zero-order chi connectivity index (χ0) is 13.8. The van der Waals surface area contributed by atoms with Gasteiger partial charge in [-0.15, -0.1) is 0 Å². The molecule has 0 saturated carbocycles. The van der Waals surface area contributed by atoms with Gasteiger partial charge < -0.3 is 10.2 Å². The highest BCUT2D eigenvalue weighted by molar-refractivity contribution is 5.91. The Morgan fingerprint density at radius 2 is 2.21 bits per heavy atom. The van der Waals surface area contributed by atoms with Gasteiger partial charge in [-0.2, -0.15) is 5.10 Å². The third-order valence-corrected chi connectivity index (χ3v) is 2.50. The molecule has 0 aromatic carbocycles. The number of anilines is 1. The zero-order valence-corrected chi connectivity index (χ0v) is 11.0. The number of hydrogen-bond acceptors (Lipinski definition) is 6. The van der Waals surface area contributed by atoms with Crippen LogP contribution in [0.2, 0.25) is 0 Å². The van der Waals surface area contributed by atoms with Gasteiger partial charge >= 0.3 is 0 Å². The molecule has 1 amide bonds. The van der Waals surface area contributed by atoms with E-state index in [0.29, 0.717) is 24.0 Å². The number of H-pyrrole nitrogens is 1. The number of aromatic amines is 1. The summed E-state index contributed by atoms with van der Waals surface area (Å²) < 4.78 is 0. The van der Waals surface area contributed by atoms with Crippen LogP contribution in [0.25, 0.3) is 0 Å². The molecule has 8 heteroatoms. The fourth-order valence-corrected chi connectivity index (χ4v) is 1.51. The molecule has 19 heavy (non-hydrogen) atoms. The molecule has 0 aliphatic rings. The van der Waals surface area contributed by atoms with Gasteiger partial charge in [-0.25, -0.2) is 15.0 Å². The van der Waals surface area contributed by atoms with Gasteiger partial charge in [0.15, 0.2) is 5.82 Å². The van der Waals surface area contributed by atoms with Crippen molar-refractivity contribution in [3.63, 3.8) is 0 Å². The SMILES string of the molecule is CNc1cnc(C(=O)N(C)Cc2n[nH]c(C)n2)cn1. The molecule has 8 nitrogen and oxygen atoms in total. The minimum absolute atomic E-state index is 0.224. The maximum absolute atomic E-state index is 12.1. The van der Waals surface area contributed by atoms with Gasteiger partial charge in [0.2, 0.25) is 0 Å². The highest BCUT2D eigenvalue weighted by atomic mass is 16.2. The van der Waals surface area contributed by atoms with E-state index in [0.717, 1.165) is 0 Å². The van der Waals surface area contributed by atoms with Crippen molar-refractivity contribution in [3.8, 4) is 0 Å². The predicted octanol–water partition coefficient (Wildman–Crippen LogP) is 0.217. The minimum atomic E-state index is -0.224. The topological polar surface area (TPSA) is 99.7 Å². The predicted molar refractivity (Wildman–Crippen MR) is 68.5 cm³/mol. The number of amides is 1. The highest BCUT2D eigenvalue weighted by Crippen LogP contribution is 2.05. The third-order valence-electron chi connectivity index (χ3n) is 2.50. The standard InChI is InChI=1S/C11H15N7O/c1-7-15-10(17-16-7)6-18(3)11(19)8-4-14-9(12-2)5-13-8/h4-5H,6H2,1-3H3,(H,12,14)(H,15,16,17). The fourth-order valence-electron chi connectivity index (χ4n) is 1.51. The quantitative estimate of drug-likeness (QED) is 0.816. The van der Waals surface area contributed by atoms with Crippen LogP contribution in [0.1, 0.15) is 22.1 Å². The third kappa shape index (κ3) is 3.03. The summed E-state index contributed by atoms with van der Waals surface area (Å²) in [5, 5.41) is 9.56. The van der Waals surface area contributed by atoms with Crippen molar-refractivity contribution in [2.24, 2.45) is 0 Å². The van der Waals surface area contributed by atoms with E-state index in [1.807, 2.05) is 0 Å². The Hall–Kier alpha value is -2.51. The van der Waals surface area contributed by atoms with Gasteiger partial charge in [-0.3, -0.25) is 9.89 Å². The van der Waals surface area contributed by atoms with E-state index < -0.39 is 0 Å². The molecule has 0 fully saturated rings. The molecule has 2 N–H and O–H groups in total. The van der Waals surface area contributed by atoms with Gasteiger partial charge in [-0.1, -0.05) is 0 Å². The first-order valence-electron chi connectivity index (χ1n) is 5.73. The van der Waals surface area contributed by atoms with Gasteiger partial charge in [0, 0.05) is 14.1 Å². The van der Waals surface area contributed by atoms with E-state index in [1.165, 1.54) is 17.3 Å². The summed E-state index contributed by atoms with van der Waals surface area (Å²) in [5.41, 5.74) is 0.286. The first-order chi connectivity index (χ1) is 9.10. The molecule has 2 aromatic rings. The molecular formula is C11H15N7O. The van der Waals surface area contributed by atoms with Crippen molar-refractivity contribution in [2.45, 2.75) is 13.5 Å². The van der Waals surface area contributed by atoms with Crippen LogP contribution in [0.15, 0.2) is 12.4 Å². The van der Waals surface area contributed by atoms with Crippen molar-refractivity contribution in [2.75, 3.05) is 19.4 Å². The van der Waals surface area contributed by atoms with Crippen molar-refractivity contribution >= 4 is 11.7 Å².